The zero-order valence-electron chi connectivity index (χ0n) is 14.9. The summed E-state index contributed by atoms with van der Waals surface area (Å²) in [5.41, 5.74) is 2.27. The zero-order chi connectivity index (χ0) is 17.6. The van der Waals surface area contributed by atoms with Crippen LogP contribution in [0.25, 0.3) is 0 Å². The minimum atomic E-state index is 0.0572. The van der Waals surface area contributed by atoms with Crippen molar-refractivity contribution in [3.63, 3.8) is 0 Å². The fraction of sp³-hybridized carbons (Fsp3) is 0.474. The summed E-state index contributed by atoms with van der Waals surface area (Å²) in [7, 11) is 1.74. The second-order valence-electron chi connectivity index (χ2n) is 6.29. The molecule has 2 aromatic rings. The molecule has 0 aliphatic carbocycles. The lowest BCUT2D eigenvalue weighted by Gasteiger charge is -2.28. The fourth-order valence-corrected chi connectivity index (χ4v) is 3.72. The first-order chi connectivity index (χ1) is 12.3. The summed E-state index contributed by atoms with van der Waals surface area (Å²) in [4.78, 5) is 6.90. The number of pyridine rings is 1. The molecule has 0 saturated carbocycles. The molecule has 3 rings (SSSR count). The van der Waals surface area contributed by atoms with Gasteiger partial charge in [-0.2, -0.15) is 0 Å². The van der Waals surface area contributed by atoms with Gasteiger partial charge in [-0.05, 0) is 42.9 Å². The van der Waals surface area contributed by atoms with Crippen LogP contribution < -0.4 is 5.32 Å². The highest BCUT2D eigenvalue weighted by Gasteiger charge is 2.40. The molecule has 3 heterocycles. The first-order valence-electron chi connectivity index (χ1n) is 8.88. The number of unbranched alkanes of at least 4 members (excludes halogenated alkanes) is 1. The molecule has 1 N–H and O–H groups in total. The first-order valence-corrected chi connectivity index (χ1v) is 9.29. The number of thiocarbonyl (C=S) groups is 1. The molecule has 0 unspecified atom stereocenters. The van der Waals surface area contributed by atoms with Crippen LogP contribution in [0.1, 0.15) is 43.2 Å². The molecule has 1 saturated heterocycles. The van der Waals surface area contributed by atoms with Crippen LogP contribution in [0.3, 0.4) is 0 Å². The van der Waals surface area contributed by atoms with Crippen molar-refractivity contribution in [1.29, 1.82) is 0 Å². The Morgan fingerprint density at radius 3 is 2.84 bits per heavy atom. The summed E-state index contributed by atoms with van der Waals surface area (Å²) in [6.07, 6.45) is 6.22. The van der Waals surface area contributed by atoms with E-state index in [1.807, 2.05) is 18.3 Å². The molecule has 0 spiro atoms. The Labute approximate surface area is 155 Å². The molecular weight excluding hydrogens is 332 g/mol. The van der Waals surface area contributed by atoms with Crippen LogP contribution in [0, 0.1) is 0 Å². The van der Waals surface area contributed by atoms with E-state index in [0.717, 1.165) is 36.7 Å². The van der Waals surface area contributed by atoms with Gasteiger partial charge in [-0.3, -0.25) is 4.98 Å². The molecule has 134 valence electrons. The monoisotopic (exact) mass is 358 g/mol. The maximum absolute atomic E-state index is 5.67. The van der Waals surface area contributed by atoms with E-state index in [1.165, 1.54) is 5.69 Å². The Kier molecular flexibility index (Phi) is 6.04. The quantitative estimate of drug-likeness (QED) is 0.734. The molecule has 2 aromatic heterocycles. The predicted octanol–water partition coefficient (Wildman–Crippen LogP) is 3.30. The number of nitrogens with zero attached hydrogens (tertiary/aromatic N) is 3. The molecule has 2 atom stereocenters. The van der Waals surface area contributed by atoms with E-state index in [4.69, 9.17) is 17.0 Å². The van der Waals surface area contributed by atoms with Gasteiger partial charge in [0.1, 0.15) is 0 Å². The number of hydrogen-bond acceptors (Lipinski definition) is 3. The highest BCUT2D eigenvalue weighted by Crippen LogP contribution is 2.38. The van der Waals surface area contributed by atoms with Gasteiger partial charge in [-0.25, -0.2) is 0 Å². The lowest BCUT2D eigenvalue weighted by molar-refractivity contribution is 0.184. The van der Waals surface area contributed by atoms with Crippen molar-refractivity contribution >= 4 is 17.3 Å². The van der Waals surface area contributed by atoms with Crippen LogP contribution in [-0.2, 0) is 11.3 Å². The number of nitrogens with one attached hydrogen (secondary N) is 1. The van der Waals surface area contributed by atoms with E-state index >= 15 is 0 Å². The van der Waals surface area contributed by atoms with Crippen molar-refractivity contribution in [3.8, 4) is 0 Å². The highest BCUT2D eigenvalue weighted by atomic mass is 32.1. The van der Waals surface area contributed by atoms with Crippen LogP contribution in [0.15, 0.2) is 42.7 Å². The van der Waals surface area contributed by atoms with E-state index in [0.29, 0.717) is 6.61 Å². The number of ether oxygens (including phenoxy) is 1. The first kappa shape index (κ1) is 17.9. The SMILES string of the molecule is CCCCN1C(=S)N[C@H](c2ccccn2)[C@H]1c1cccn1CCOC. The Balaban J connectivity index is 1.96. The summed E-state index contributed by atoms with van der Waals surface area (Å²) < 4.78 is 7.53. The Hall–Kier alpha value is -1.92. The molecule has 5 nitrogen and oxygen atoms in total. The molecule has 6 heteroatoms. The summed E-state index contributed by atoms with van der Waals surface area (Å²) in [6, 6.07) is 10.5. The molecule has 1 fully saturated rings. The van der Waals surface area contributed by atoms with Gasteiger partial charge in [-0.1, -0.05) is 19.4 Å². The lowest BCUT2D eigenvalue weighted by atomic mass is 10.0. The van der Waals surface area contributed by atoms with Gasteiger partial charge in [-0.15, -0.1) is 0 Å². The van der Waals surface area contributed by atoms with E-state index in [9.17, 15) is 0 Å². The second kappa shape index (κ2) is 8.45. The second-order valence-corrected chi connectivity index (χ2v) is 6.68. The van der Waals surface area contributed by atoms with Gasteiger partial charge in [0.05, 0.1) is 24.4 Å². The van der Waals surface area contributed by atoms with E-state index in [-0.39, 0.29) is 12.1 Å². The Morgan fingerprint density at radius 2 is 2.12 bits per heavy atom. The van der Waals surface area contributed by atoms with Gasteiger partial charge in [0.2, 0.25) is 0 Å². The summed E-state index contributed by atoms with van der Waals surface area (Å²) in [6.45, 7) is 4.68. The normalized spacial score (nSPS) is 20.1. The summed E-state index contributed by atoms with van der Waals surface area (Å²) >= 11 is 5.67. The zero-order valence-corrected chi connectivity index (χ0v) is 15.7. The van der Waals surface area contributed by atoms with Crippen LogP contribution in [0.5, 0.6) is 0 Å². The van der Waals surface area contributed by atoms with Crippen LogP contribution >= 0.6 is 12.2 Å². The van der Waals surface area contributed by atoms with Crippen molar-refractivity contribution in [2.45, 2.75) is 38.4 Å². The van der Waals surface area contributed by atoms with Crippen molar-refractivity contribution in [2.75, 3.05) is 20.3 Å². The van der Waals surface area contributed by atoms with Gasteiger partial charge in [0.15, 0.2) is 5.11 Å². The maximum atomic E-state index is 5.67. The van der Waals surface area contributed by atoms with Gasteiger partial charge >= 0.3 is 0 Å². The molecular formula is C19H26N4OS. The predicted molar refractivity (Wildman–Crippen MR) is 103 cm³/mol. The van der Waals surface area contributed by atoms with Crippen molar-refractivity contribution in [3.05, 3.63) is 54.1 Å². The minimum absolute atomic E-state index is 0.0572. The minimum Gasteiger partial charge on any atom is -0.383 e. The Morgan fingerprint density at radius 1 is 1.24 bits per heavy atom. The molecule has 1 aliphatic rings. The average Bonchev–Trinajstić information content (AvgIpc) is 3.22. The fourth-order valence-electron chi connectivity index (χ4n) is 3.39. The van der Waals surface area contributed by atoms with Gasteiger partial charge < -0.3 is 19.5 Å². The van der Waals surface area contributed by atoms with E-state index in [1.54, 1.807) is 7.11 Å². The standard InChI is InChI=1S/C19H26N4OS/c1-3-4-12-23-18(16-9-7-11-22(16)13-14-24-2)17(21-19(23)25)15-8-5-6-10-20-15/h5-11,17-18H,3-4,12-14H2,1-2H3,(H,21,25)/t17-,18-/m1/s1. The van der Waals surface area contributed by atoms with Crippen LogP contribution in [0.2, 0.25) is 0 Å². The summed E-state index contributed by atoms with van der Waals surface area (Å²) in [5.74, 6) is 0. The van der Waals surface area contributed by atoms with Crippen molar-refractivity contribution < 1.29 is 4.74 Å². The number of methoxy groups -OCH3 is 1. The van der Waals surface area contributed by atoms with Gasteiger partial charge in [0.25, 0.3) is 0 Å². The molecule has 0 aromatic carbocycles. The maximum Gasteiger partial charge on any atom is 0.170 e. The van der Waals surface area contributed by atoms with Crippen LogP contribution in [0.4, 0.5) is 0 Å². The molecule has 1 aliphatic heterocycles. The third-order valence-corrected chi connectivity index (χ3v) is 5.01. The number of hydrogen-bond donors (Lipinski definition) is 1. The Bertz CT molecular complexity index is 688. The molecule has 25 heavy (non-hydrogen) atoms. The third kappa shape index (κ3) is 3.85. The largest absolute Gasteiger partial charge is 0.383 e. The van der Waals surface area contributed by atoms with E-state index < -0.39 is 0 Å². The number of rotatable bonds is 8. The topological polar surface area (TPSA) is 42.3 Å². The third-order valence-electron chi connectivity index (χ3n) is 4.65. The highest BCUT2D eigenvalue weighted by molar-refractivity contribution is 7.80. The van der Waals surface area contributed by atoms with Crippen molar-refractivity contribution in [2.24, 2.45) is 0 Å². The lowest BCUT2D eigenvalue weighted by Crippen LogP contribution is -2.31. The van der Waals surface area contributed by atoms with E-state index in [2.05, 4.69) is 51.1 Å². The molecule has 0 amide bonds. The molecule has 0 bridgehead atoms. The average molecular weight is 359 g/mol. The van der Waals surface area contributed by atoms with Gasteiger partial charge in [0, 0.05) is 38.3 Å². The van der Waals surface area contributed by atoms with Crippen LogP contribution in [-0.4, -0.2) is 39.8 Å². The van der Waals surface area contributed by atoms with Crippen molar-refractivity contribution in [1.82, 2.24) is 19.8 Å². The smallest absolute Gasteiger partial charge is 0.170 e. The summed E-state index contributed by atoms with van der Waals surface area (Å²) in [5, 5.41) is 4.31. The molecule has 0 radical (unpaired) electrons. The number of aromatic nitrogens is 2.